The van der Waals surface area contributed by atoms with Crippen LogP contribution in [0.5, 0.6) is 11.5 Å². The molecule has 1 amide bonds. The van der Waals surface area contributed by atoms with E-state index in [-0.39, 0.29) is 5.91 Å². The Morgan fingerprint density at radius 2 is 2.14 bits per heavy atom. The predicted octanol–water partition coefficient (Wildman–Crippen LogP) is 2.59. The van der Waals surface area contributed by atoms with E-state index in [9.17, 15) is 4.79 Å². The topological polar surface area (TPSA) is 51.1 Å². The third-order valence-corrected chi connectivity index (χ3v) is 4.39. The fourth-order valence-electron chi connectivity index (χ4n) is 2.57. The Morgan fingerprint density at radius 3 is 2.77 bits per heavy atom. The first-order valence-electron chi connectivity index (χ1n) is 7.65. The molecule has 1 unspecified atom stereocenters. The summed E-state index contributed by atoms with van der Waals surface area (Å²) < 4.78 is 11.3. The highest BCUT2D eigenvalue weighted by atomic mass is 16.5. The largest absolute Gasteiger partial charge is 0.493 e. The van der Waals surface area contributed by atoms with Crippen molar-refractivity contribution in [1.29, 1.82) is 0 Å². The lowest BCUT2D eigenvalue weighted by atomic mass is 9.79. The molecular weight excluding hydrogens is 280 g/mol. The SMILES string of the molecule is COc1ccc(C2(C)C=NN(C)C(=O)C2)cc1OCC1CC1. The molecule has 1 heterocycles. The zero-order valence-electron chi connectivity index (χ0n) is 13.3. The Balaban J connectivity index is 1.88. The molecule has 1 fully saturated rings. The van der Waals surface area contributed by atoms with Crippen molar-refractivity contribution in [3.05, 3.63) is 23.8 Å². The van der Waals surface area contributed by atoms with E-state index in [4.69, 9.17) is 9.47 Å². The zero-order chi connectivity index (χ0) is 15.7. The van der Waals surface area contributed by atoms with Gasteiger partial charge in [0, 0.05) is 25.1 Å². The van der Waals surface area contributed by atoms with Gasteiger partial charge in [-0.3, -0.25) is 4.79 Å². The van der Waals surface area contributed by atoms with Gasteiger partial charge in [0.05, 0.1) is 13.7 Å². The molecule has 2 aliphatic rings. The van der Waals surface area contributed by atoms with Crippen LogP contribution in [0.1, 0.15) is 31.7 Å². The number of rotatable bonds is 5. The second-order valence-corrected chi connectivity index (χ2v) is 6.38. The number of nitrogens with zero attached hydrogens (tertiary/aromatic N) is 2. The summed E-state index contributed by atoms with van der Waals surface area (Å²) in [4.78, 5) is 12.0. The summed E-state index contributed by atoms with van der Waals surface area (Å²) in [6.45, 7) is 2.75. The second-order valence-electron chi connectivity index (χ2n) is 6.38. The summed E-state index contributed by atoms with van der Waals surface area (Å²) in [7, 11) is 3.32. The average molecular weight is 302 g/mol. The first-order valence-corrected chi connectivity index (χ1v) is 7.65. The molecule has 0 aromatic heterocycles. The van der Waals surface area contributed by atoms with Crippen molar-refractivity contribution >= 4 is 12.1 Å². The van der Waals surface area contributed by atoms with Crippen LogP contribution in [0, 0.1) is 5.92 Å². The zero-order valence-corrected chi connectivity index (χ0v) is 13.3. The van der Waals surface area contributed by atoms with Crippen LogP contribution in [0.15, 0.2) is 23.3 Å². The van der Waals surface area contributed by atoms with E-state index in [0.29, 0.717) is 12.3 Å². The number of amides is 1. The lowest BCUT2D eigenvalue weighted by Crippen LogP contribution is -2.38. The van der Waals surface area contributed by atoms with Gasteiger partial charge in [0.15, 0.2) is 11.5 Å². The maximum atomic E-state index is 12.0. The Hall–Kier alpha value is -2.04. The van der Waals surface area contributed by atoms with Gasteiger partial charge in [0.25, 0.3) is 0 Å². The average Bonchev–Trinajstić information content (AvgIpc) is 3.33. The summed E-state index contributed by atoms with van der Waals surface area (Å²) in [6.07, 6.45) is 4.72. The normalized spacial score (nSPS) is 24.5. The van der Waals surface area contributed by atoms with Crippen molar-refractivity contribution in [2.45, 2.75) is 31.6 Å². The van der Waals surface area contributed by atoms with Crippen LogP contribution in [-0.4, -0.2) is 37.9 Å². The molecule has 1 aromatic rings. The van der Waals surface area contributed by atoms with Crippen LogP contribution in [-0.2, 0) is 10.2 Å². The molecule has 0 radical (unpaired) electrons. The van der Waals surface area contributed by atoms with Gasteiger partial charge >= 0.3 is 0 Å². The highest BCUT2D eigenvalue weighted by molar-refractivity contribution is 5.89. The van der Waals surface area contributed by atoms with E-state index in [0.717, 1.165) is 23.7 Å². The molecular formula is C17H22N2O3. The van der Waals surface area contributed by atoms with Crippen molar-refractivity contribution in [1.82, 2.24) is 5.01 Å². The fraction of sp³-hybridized carbons (Fsp3) is 0.529. The molecule has 1 atom stereocenters. The van der Waals surface area contributed by atoms with E-state index in [1.165, 1.54) is 17.9 Å². The fourth-order valence-corrected chi connectivity index (χ4v) is 2.57. The van der Waals surface area contributed by atoms with Crippen LogP contribution in [0.25, 0.3) is 0 Å². The highest BCUT2D eigenvalue weighted by Gasteiger charge is 2.33. The van der Waals surface area contributed by atoms with Crippen molar-refractivity contribution < 1.29 is 14.3 Å². The van der Waals surface area contributed by atoms with E-state index >= 15 is 0 Å². The lowest BCUT2D eigenvalue weighted by Gasteiger charge is -2.31. The van der Waals surface area contributed by atoms with Gasteiger partial charge in [-0.1, -0.05) is 6.07 Å². The number of hydrazone groups is 1. The molecule has 0 bridgehead atoms. The van der Waals surface area contributed by atoms with Crippen molar-refractivity contribution in [3.63, 3.8) is 0 Å². The number of benzene rings is 1. The minimum absolute atomic E-state index is 0.0151. The quantitative estimate of drug-likeness (QED) is 0.840. The first-order chi connectivity index (χ1) is 10.5. The molecule has 1 saturated carbocycles. The van der Waals surface area contributed by atoms with Crippen molar-refractivity contribution in [3.8, 4) is 11.5 Å². The number of carbonyl (C=O) groups excluding carboxylic acids is 1. The minimum Gasteiger partial charge on any atom is -0.493 e. The highest BCUT2D eigenvalue weighted by Crippen LogP contribution is 2.37. The van der Waals surface area contributed by atoms with Crippen LogP contribution in [0.2, 0.25) is 0 Å². The Morgan fingerprint density at radius 1 is 1.36 bits per heavy atom. The third-order valence-electron chi connectivity index (χ3n) is 4.39. The molecule has 5 heteroatoms. The van der Waals surface area contributed by atoms with Gasteiger partial charge in [-0.2, -0.15) is 5.10 Å². The molecule has 22 heavy (non-hydrogen) atoms. The van der Waals surface area contributed by atoms with Gasteiger partial charge in [-0.15, -0.1) is 0 Å². The van der Waals surface area contributed by atoms with E-state index in [1.54, 1.807) is 14.2 Å². The molecule has 1 aliphatic carbocycles. The van der Waals surface area contributed by atoms with E-state index in [2.05, 4.69) is 5.10 Å². The monoisotopic (exact) mass is 302 g/mol. The number of hydrogen-bond donors (Lipinski definition) is 0. The molecule has 3 rings (SSSR count). The van der Waals surface area contributed by atoms with E-state index in [1.807, 2.05) is 31.3 Å². The lowest BCUT2D eigenvalue weighted by molar-refractivity contribution is -0.131. The molecule has 0 saturated heterocycles. The standard InChI is InChI=1S/C17H22N2O3/c1-17(9-16(20)19(2)18-11-17)13-6-7-14(21-3)15(8-13)22-10-12-4-5-12/h6-8,11-12H,4-5,9-10H2,1-3H3. The smallest absolute Gasteiger partial charge is 0.243 e. The second kappa shape index (κ2) is 5.63. The summed E-state index contributed by atoms with van der Waals surface area (Å²) >= 11 is 0. The molecule has 1 aliphatic heterocycles. The number of methoxy groups -OCH3 is 1. The summed E-state index contributed by atoms with van der Waals surface area (Å²) in [5, 5.41) is 5.57. The Bertz CT molecular complexity index is 610. The van der Waals surface area contributed by atoms with Crippen LogP contribution < -0.4 is 9.47 Å². The van der Waals surface area contributed by atoms with Gasteiger partial charge in [-0.05, 0) is 43.4 Å². The number of ether oxygens (including phenoxy) is 2. The van der Waals surface area contributed by atoms with Crippen LogP contribution >= 0.6 is 0 Å². The van der Waals surface area contributed by atoms with Crippen LogP contribution in [0.3, 0.4) is 0 Å². The summed E-state index contributed by atoms with van der Waals surface area (Å²) in [5.74, 6) is 2.16. The minimum atomic E-state index is -0.409. The predicted molar refractivity (Wildman–Crippen MR) is 84.4 cm³/mol. The van der Waals surface area contributed by atoms with E-state index < -0.39 is 5.41 Å². The Labute approximate surface area is 130 Å². The number of carbonyl (C=O) groups is 1. The van der Waals surface area contributed by atoms with Crippen LogP contribution in [0.4, 0.5) is 0 Å². The summed E-state index contributed by atoms with van der Waals surface area (Å²) in [5.41, 5.74) is 0.609. The molecule has 1 aromatic carbocycles. The number of hydrogen-bond acceptors (Lipinski definition) is 4. The van der Waals surface area contributed by atoms with Crippen molar-refractivity contribution in [2.75, 3.05) is 20.8 Å². The molecule has 0 spiro atoms. The maximum Gasteiger partial charge on any atom is 0.243 e. The maximum absolute atomic E-state index is 12.0. The first kappa shape index (κ1) is 14.9. The van der Waals surface area contributed by atoms with Gasteiger partial charge in [0.2, 0.25) is 5.91 Å². The summed E-state index contributed by atoms with van der Waals surface area (Å²) in [6, 6.07) is 5.86. The molecule has 5 nitrogen and oxygen atoms in total. The Kier molecular flexibility index (Phi) is 3.81. The molecule has 0 N–H and O–H groups in total. The van der Waals surface area contributed by atoms with Gasteiger partial charge in [0.1, 0.15) is 0 Å². The van der Waals surface area contributed by atoms with Crippen molar-refractivity contribution in [2.24, 2.45) is 11.0 Å². The van der Waals surface area contributed by atoms with Gasteiger partial charge in [-0.25, -0.2) is 5.01 Å². The molecule has 118 valence electrons. The third kappa shape index (κ3) is 2.93. The van der Waals surface area contributed by atoms with Gasteiger partial charge < -0.3 is 9.47 Å².